The number of rotatable bonds is 3. The molecule has 1 aliphatic rings. The summed E-state index contributed by atoms with van der Waals surface area (Å²) in [6.45, 7) is 3.03. The van der Waals surface area contributed by atoms with E-state index in [0.29, 0.717) is 0 Å². The van der Waals surface area contributed by atoms with E-state index in [1.807, 2.05) is 0 Å². The van der Waals surface area contributed by atoms with Crippen LogP contribution in [0.5, 0.6) is 0 Å². The van der Waals surface area contributed by atoms with Crippen molar-refractivity contribution in [3.63, 3.8) is 0 Å². The normalized spacial score (nSPS) is 13.2. The summed E-state index contributed by atoms with van der Waals surface area (Å²) in [4.78, 5) is 4.77. The minimum Gasteiger partial charge on any atom is -0.279 e. The molecule has 0 atom stereocenters. The molecule has 1 heterocycles. The zero-order chi connectivity index (χ0) is 14.9. The lowest BCUT2D eigenvalue weighted by Gasteiger charge is -2.08. The largest absolute Gasteiger partial charge is 0.279 e. The monoisotopic (exact) mass is 285 g/mol. The van der Waals surface area contributed by atoms with Gasteiger partial charge in [0.05, 0.1) is 12.3 Å². The fourth-order valence-corrected chi connectivity index (χ4v) is 3.28. The summed E-state index contributed by atoms with van der Waals surface area (Å²) in [5.41, 5.74) is 6.41. The molecule has 3 aromatic rings. The van der Waals surface area contributed by atoms with Gasteiger partial charge in [0.1, 0.15) is 0 Å². The van der Waals surface area contributed by atoms with Crippen LogP contribution in [-0.4, -0.2) is 5.71 Å². The summed E-state index contributed by atoms with van der Waals surface area (Å²) in [6.07, 6.45) is 2.34. The fraction of sp³-hybridized carbons (Fsp3) is 0.190. The van der Waals surface area contributed by atoms with E-state index in [0.717, 1.165) is 18.7 Å². The van der Waals surface area contributed by atoms with Gasteiger partial charge >= 0.3 is 0 Å². The molecule has 108 valence electrons. The van der Waals surface area contributed by atoms with Crippen molar-refractivity contribution in [3.05, 3.63) is 82.9 Å². The molecule has 0 N–H and O–H groups in total. The molecule has 0 aromatic heterocycles. The number of hydrogen-bond acceptors (Lipinski definition) is 1. The van der Waals surface area contributed by atoms with Gasteiger partial charge in [0.25, 0.3) is 0 Å². The molecule has 22 heavy (non-hydrogen) atoms. The third-order valence-corrected chi connectivity index (χ3v) is 4.38. The molecule has 0 fully saturated rings. The minimum absolute atomic E-state index is 0.799. The van der Waals surface area contributed by atoms with E-state index < -0.39 is 0 Å². The zero-order valence-electron chi connectivity index (χ0n) is 12.8. The zero-order valence-corrected chi connectivity index (χ0v) is 12.8. The number of hydrogen-bond donors (Lipinski definition) is 0. The van der Waals surface area contributed by atoms with Gasteiger partial charge < -0.3 is 0 Å². The van der Waals surface area contributed by atoms with Crippen molar-refractivity contribution in [2.75, 3.05) is 0 Å². The molecule has 1 nitrogen and oxygen atoms in total. The van der Waals surface area contributed by atoms with Crippen molar-refractivity contribution in [2.45, 2.75) is 26.3 Å². The Morgan fingerprint density at radius 1 is 0.909 bits per heavy atom. The first-order valence-corrected chi connectivity index (χ1v) is 8.01. The topological polar surface area (TPSA) is 12.4 Å². The quantitative estimate of drug-likeness (QED) is 0.631. The molecule has 0 saturated heterocycles. The number of aryl methyl sites for hydroxylation is 1. The highest BCUT2D eigenvalue weighted by Crippen LogP contribution is 2.28. The van der Waals surface area contributed by atoms with E-state index in [2.05, 4.69) is 67.6 Å². The average molecular weight is 285 g/mol. The Bertz CT molecular complexity index is 860. The van der Waals surface area contributed by atoms with Crippen LogP contribution in [0.1, 0.15) is 35.6 Å². The smallest absolute Gasteiger partial charge is 0.0726 e. The van der Waals surface area contributed by atoms with Gasteiger partial charge in [0, 0.05) is 11.1 Å². The average Bonchev–Trinajstić information content (AvgIpc) is 2.96. The molecule has 4 rings (SSSR count). The van der Waals surface area contributed by atoms with E-state index in [1.54, 1.807) is 0 Å². The first-order valence-electron chi connectivity index (χ1n) is 8.01. The van der Waals surface area contributed by atoms with Crippen molar-refractivity contribution >= 4 is 16.5 Å². The van der Waals surface area contributed by atoms with Crippen molar-refractivity contribution in [1.29, 1.82) is 0 Å². The second-order valence-corrected chi connectivity index (χ2v) is 5.97. The number of nitrogens with zero attached hydrogens (tertiary/aromatic N) is 1. The van der Waals surface area contributed by atoms with Crippen LogP contribution in [0.2, 0.25) is 0 Å². The summed E-state index contributed by atoms with van der Waals surface area (Å²) >= 11 is 0. The summed E-state index contributed by atoms with van der Waals surface area (Å²) < 4.78 is 0. The van der Waals surface area contributed by atoms with E-state index in [9.17, 15) is 0 Å². The Morgan fingerprint density at radius 2 is 1.77 bits per heavy atom. The van der Waals surface area contributed by atoms with E-state index in [4.69, 9.17) is 4.99 Å². The number of fused-ring (bicyclic) bond motifs is 2. The third kappa shape index (κ3) is 2.23. The number of aliphatic imine (C=N–C) groups is 1. The molecule has 1 aliphatic heterocycles. The molecular weight excluding hydrogens is 266 g/mol. The minimum atomic E-state index is 0.799. The van der Waals surface area contributed by atoms with Gasteiger partial charge in [-0.2, -0.15) is 0 Å². The molecular formula is C21H19N. The summed E-state index contributed by atoms with van der Waals surface area (Å²) in [5.74, 6) is 0. The molecule has 0 radical (unpaired) electrons. The van der Waals surface area contributed by atoms with Crippen LogP contribution in [0.15, 0.2) is 65.7 Å². The SMILES string of the molecule is CCCc1ccc2cc3c(cc2c1)CN=C3c1ccccc1. The van der Waals surface area contributed by atoms with Gasteiger partial charge in [0.15, 0.2) is 0 Å². The standard InChI is InChI=1S/C21H19N/c1-2-6-15-9-10-17-13-20-19(12-18(17)11-15)14-22-21(20)16-7-4-3-5-8-16/h3-5,7-13H,2,6,14H2,1H3. The lowest BCUT2D eigenvalue weighted by atomic mass is 9.95. The van der Waals surface area contributed by atoms with Crippen molar-refractivity contribution in [1.82, 2.24) is 0 Å². The Hall–Kier alpha value is -2.41. The summed E-state index contributed by atoms with van der Waals surface area (Å²) in [6, 6.07) is 22.0. The molecule has 0 aliphatic carbocycles. The maximum absolute atomic E-state index is 4.77. The van der Waals surface area contributed by atoms with Gasteiger partial charge in [-0.3, -0.25) is 4.99 Å². The lowest BCUT2D eigenvalue weighted by Crippen LogP contribution is -2.00. The number of benzene rings is 3. The van der Waals surface area contributed by atoms with Crippen LogP contribution >= 0.6 is 0 Å². The van der Waals surface area contributed by atoms with E-state index in [-0.39, 0.29) is 0 Å². The van der Waals surface area contributed by atoms with Crippen molar-refractivity contribution < 1.29 is 0 Å². The van der Waals surface area contributed by atoms with Gasteiger partial charge in [-0.1, -0.05) is 61.9 Å². The fourth-order valence-electron chi connectivity index (χ4n) is 3.28. The van der Waals surface area contributed by atoms with Crippen LogP contribution in [0, 0.1) is 0 Å². The first-order chi connectivity index (χ1) is 10.8. The highest BCUT2D eigenvalue weighted by atomic mass is 14.8. The molecule has 0 saturated carbocycles. The van der Waals surface area contributed by atoms with Gasteiger partial charge in [0.2, 0.25) is 0 Å². The van der Waals surface area contributed by atoms with Gasteiger partial charge in [-0.05, 0) is 40.5 Å². The van der Waals surface area contributed by atoms with Crippen LogP contribution in [0.4, 0.5) is 0 Å². The maximum atomic E-state index is 4.77. The predicted molar refractivity (Wildman–Crippen MR) is 93.7 cm³/mol. The second-order valence-electron chi connectivity index (χ2n) is 5.97. The predicted octanol–water partition coefficient (Wildman–Crippen LogP) is 5.14. The Morgan fingerprint density at radius 3 is 2.59 bits per heavy atom. The lowest BCUT2D eigenvalue weighted by molar-refractivity contribution is 0.923. The van der Waals surface area contributed by atoms with Crippen LogP contribution in [0.25, 0.3) is 10.8 Å². The Kier molecular flexibility index (Phi) is 3.27. The molecule has 0 amide bonds. The molecule has 1 heteroatoms. The summed E-state index contributed by atoms with van der Waals surface area (Å²) in [7, 11) is 0. The first kappa shape index (κ1) is 13.3. The van der Waals surface area contributed by atoms with Crippen molar-refractivity contribution in [2.24, 2.45) is 4.99 Å². The van der Waals surface area contributed by atoms with E-state index in [1.165, 1.54) is 39.4 Å². The van der Waals surface area contributed by atoms with Gasteiger partial charge in [-0.25, -0.2) is 0 Å². The van der Waals surface area contributed by atoms with Crippen LogP contribution in [0.3, 0.4) is 0 Å². The van der Waals surface area contributed by atoms with Gasteiger partial charge in [-0.15, -0.1) is 0 Å². The highest BCUT2D eigenvalue weighted by molar-refractivity contribution is 6.16. The highest BCUT2D eigenvalue weighted by Gasteiger charge is 2.18. The molecule has 0 bridgehead atoms. The van der Waals surface area contributed by atoms with E-state index >= 15 is 0 Å². The second kappa shape index (κ2) is 5.42. The van der Waals surface area contributed by atoms with Crippen LogP contribution < -0.4 is 0 Å². The van der Waals surface area contributed by atoms with Crippen molar-refractivity contribution in [3.8, 4) is 0 Å². The van der Waals surface area contributed by atoms with Crippen LogP contribution in [-0.2, 0) is 13.0 Å². The third-order valence-electron chi connectivity index (χ3n) is 4.38. The molecule has 0 unspecified atom stereocenters. The Balaban J connectivity index is 1.81. The molecule has 0 spiro atoms. The Labute approximate surface area is 131 Å². The summed E-state index contributed by atoms with van der Waals surface area (Å²) in [5, 5.41) is 2.65. The molecule has 3 aromatic carbocycles. The maximum Gasteiger partial charge on any atom is 0.0726 e.